The smallest absolute Gasteiger partial charge is 0.216 e. The number of nitrogens with one attached hydrogen (secondary N) is 2. The predicted molar refractivity (Wildman–Crippen MR) is 67.1 cm³/mol. The molecule has 1 aromatic heterocycles. The minimum Gasteiger partial charge on any atom is -0.361 e. The van der Waals surface area contributed by atoms with Gasteiger partial charge in [0.25, 0.3) is 0 Å². The number of hydrogen-bond acceptors (Lipinski definition) is 1. The molecule has 0 fully saturated rings. The molecule has 2 rings (SSSR count). The third-order valence-corrected chi connectivity index (χ3v) is 2.44. The van der Waals surface area contributed by atoms with Crippen molar-refractivity contribution in [3.8, 4) is 0 Å². The van der Waals surface area contributed by atoms with Crippen LogP contribution in [0.1, 0.15) is 12.5 Å². The van der Waals surface area contributed by atoms with Gasteiger partial charge in [0, 0.05) is 63.3 Å². The molecule has 0 saturated carbocycles. The molecular formula is C13H17N2OY-. The topological polar surface area (TPSA) is 44.9 Å². The van der Waals surface area contributed by atoms with Crippen molar-refractivity contribution in [2.75, 3.05) is 6.54 Å². The summed E-state index contributed by atoms with van der Waals surface area (Å²) >= 11 is 0. The van der Waals surface area contributed by atoms with Crippen LogP contribution in [0.4, 0.5) is 0 Å². The van der Waals surface area contributed by atoms with Gasteiger partial charge in [-0.2, -0.15) is 0 Å². The standard InChI is InChI=1S/C12H14N2O.CH3.Y/c1-9(15)13-7-6-10-8-14-12-5-3-2-4-11(10)12;;/h2-5,8,14H,6-7H2,1H3,(H,13,15);1H3;/q;-1;. The number of rotatable bonds is 3. The molecule has 4 heteroatoms. The summed E-state index contributed by atoms with van der Waals surface area (Å²) in [6, 6.07) is 8.18. The van der Waals surface area contributed by atoms with Crippen molar-refractivity contribution in [2.24, 2.45) is 0 Å². The average molecular weight is 306 g/mol. The van der Waals surface area contributed by atoms with Crippen LogP contribution in [0.25, 0.3) is 10.9 Å². The van der Waals surface area contributed by atoms with Gasteiger partial charge in [-0.25, -0.2) is 0 Å². The molecule has 0 bridgehead atoms. The van der Waals surface area contributed by atoms with Crippen LogP contribution < -0.4 is 5.32 Å². The van der Waals surface area contributed by atoms with Crippen molar-refractivity contribution in [1.29, 1.82) is 0 Å². The van der Waals surface area contributed by atoms with E-state index in [9.17, 15) is 4.79 Å². The maximum absolute atomic E-state index is 10.7. The fraction of sp³-hybridized carbons (Fsp3) is 0.231. The van der Waals surface area contributed by atoms with Crippen LogP contribution in [-0.2, 0) is 43.9 Å². The fourth-order valence-electron chi connectivity index (χ4n) is 1.71. The molecule has 3 nitrogen and oxygen atoms in total. The summed E-state index contributed by atoms with van der Waals surface area (Å²) in [6.07, 6.45) is 2.87. The Morgan fingerprint density at radius 2 is 2.06 bits per heavy atom. The minimum absolute atomic E-state index is 0. The Bertz CT molecular complexity index is 479. The van der Waals surface area contributed by atoms with E-state index in [1.54, 1.807) is 0 Å². The molecule has 0 unspecified atom stereocenters. The third kappa shape index (κ3) is 4.25. The maximum atomic E-state index is 10.7. The number of carbonyl (C=O) groups is 1. The molecule has 0 aliphatic rings. The van der Waals surface area contributed by atoms with Gasteiger partial charge in [-0.1, -0.05) is 18.2 Å². The normalized spacial score (nSPS) is 9.24. The number of aromatic nitrogens is 1. The Balaban J connectivity index is 0.00000128. The second kappa shape index (κ2) is 7.62. The number of amides is 1. The Morgan fingerprint density at radius 1 is 1.35 bits per heavy atom. The zero-order valence-electron chi connectivity index (χ0n) is 10.3. The van der Waals surface area contributed by atoms with Gasteiger partial charge in [-0.05, 0) is 18.1 Å². The molecule has 0 spiro atoms. The van der Waals surface area contributed by atoms with E-state index in [0.29, 0.717) is 6.54 Å². The summed E-state index contributed by atoms with van der Waals surface area (Å²) in [4.78, 5) is 13.9. The van der Waals surface area contributed by atoms with Gasteiger partial charge >= 0.3 is 0 Å². The number of para-hydroxylation sites is 1. The monoisotopic (exact) mass is 306 g/mol. The Labute approximate surface area is 127 Å². The van der Waals surface area contributed by atoms with E-state index < -0.39 is 0 Å². The molecule has 89 valence electrons. The summed E-state index contributed by atoms with van der Waals surface area (Å²) in [7, 11) is 0. The summed E-state index contributed by atoms with van der Waals surface area (Å²) in [6.45, 7) is 2.23. The number of benzene rings is 1. The van der Waals surface area contributed by atoms with E-state index >= 15 is 0 Å². The molecule has 0 saturated heterocycles. The van der Waals surface area contributed by atoms with E-state index in [4.69, 9.17) is 0 Å². The van der Waals surface area contributed by atoms with Crippen molar-refractivity contribution in [3.05, 3.63) is 43.5 Å². The first kappa shape index (κ1) is 16.3. The average Bonchev–Trinajstić information content (AvgIpc) is 2.62. The molecule has 1 amide bonds. The Kier molecular flexibility index (Phi) is 7.32. The molecule has 17 heavy (non-hydrogen) atoms. The number of carbonyl (C=O) groups excluding carboxylic acids is 1. The third-order valence-electron chi connectivity index (χ3n) is 2.44. The van der Waals surface area contributed by atoms with Gasteiger partial charge < -0.3 is 17.7 Å². The quantitative estimate of drug-likeness (QED) is 0.840. The Morgan fingerprint density at radius 3 is 2.76 bits per heavy atom. The van der Waals surface area contributed by atoms with Crippen LogP contribution in [0.15, 0.2) is 30.5 Å². The van der Waals surface area contributed by atoms with Crippen molar-refractivity contribution in [3.63, 3.8) is 0 Å². The molecule has 1 radical (unpaired) electrons. The predicted octanol–water partition coefficient (Wildman–Crippen LogP) is 2.29. The fourth-order valence-corrected chi connectivity index (χ4v) is 1.71. The number of H-pyrrole nitrogens is 1. The molecule has 1 aromatic carbocycles. The van der Waals surface area contributed by atoms with Gasteiger partial charge in [-0.15, -0.1) is 0 Å². The molecule has 0 aliphatic carbocycles. The number of aromatic amines is 1. The number of hydrogen-bond donors (Lipinski definition) is 2. The van der Waals surface area contributed by atoms with Crippen LogP contribution in [-0.4, -0.2) is 17.4 Å². The van der Waals surface area contributed by atoms with Crippen LogP contribution in [0.2, 0.25) is 0 Å². The van der Waals surface area contributed by atoms with E-state index in [1.165, 1.54) is 17.9 Å². The maximum Gasteiger partial charge on any atom is 0.216 e. The SMILES string of the molecule is CC(=O)NCCc1c[nH]c2ccccc12.[CH3-].[Y]. The van der Waals surface area contributed by atoms with Crippen molar-refractivity contribution in [1.82, 2.24) is 10.3 Å². The molecule has 2 aromatic rings. The summed E-state index contributed by atoms with van der Waals surface area (Å²) in [5.41, 5.74) is 2.40. The first-order valence-electron chi connectivity index (χ1n) is 5.07. The van der Waals surface area contributed by atoms with E-state index in [1.807, 2.05) is 18.3 Å². The van der Waals surface area contributed by atoms with Gasteiger partial charge in [0.2, 0.25) is 5.91 Å². The molecule has 2 N–H and O–H groups in total. The first-order valence-corrected chi connectivity index (χ1v) is 5.07. The van der Waals surface area contributed by atoms with Crippen LogP contribution in [0, 0.1) is 7.43 Å². The van der Waals surface area contributed by atoms with Crippen LogP contribution in [0.3, 0.4) is 0 Å². The number of fused-ring (bicyclic) bond motifs is 1. The van der Waals surface area contributed by atoms with Crippen LogP contribution in [0.5, 0.6) is 0 Å². The van der Waals surface area contributed by atoms with Gasteiger partial charge in [0.1, 0.15) is 0 Å². The largest absolute Gasteiger partial charge is 0.361 e. The molecule has 0 atom stereocenters. The van der Waals surface area contributed by atoms with Crippen molar-refractivity contribution in [2.45, 2.75) is 13.3 Å². The van der Waals surface area contributed by atoms with Gasteiger partial charge in [-0.3, -0.25) is 4.79 Å². The van der Waals surface area contributed by atoms with E-state index in [2.05, 4.69) is 22.4 Å². The van der Waals surface area contributed by atoms with E-state index in [-0.39, 0.29) is 46.0 Å². The van der Waals surface area contributed by atoms with E-state index in [0.717, 1.165) is 11.9 Å². The second-order valence-electron chi connectivity index (χ2n) is 3.59. The summed E-state index contributed by atoms with van der Waals surface area (Å²) in [5, 5.41) is 4.03. The Hall–Kier alpha value is -0.666. The zero-order chi connectivity index (χ0) is 10.7. The first-order chi connectivity index (χ1) is 7.27. The van der Waals surface area contributed by atoms with Crippen molar-refractivity contribution < 1.29 is 37.5 Å². The van der Waals surface area contributed by atoms with Crippen LogP contribution >= 0.6 is 0 Å². The zero-order valence-corrected chi connectivity index (χ0v) is 13.1. The van der Waals surface area contributed by atoms with Crippen molar-refractivity contribution >= 4 is 16.8 Å². The second-order valence-corrected chi connectivity index (χ2v) is 3.59. The minimum atomic E-state index is 0. The summed E-state index contributed by atoms with van der Waals surface area (Å²) < 4.78 is 0. The van der Waals surface area contributed by atoms with Gasteiger partial charge in [0.05, 0.1) is 0 Å². The van der Waals surface area contributed by atoms with Gasteiger partial charge in [0.15, 0.2) is 0 Å². The molecule has 0 aliphatic heterocycles. The molecular weight excluding hydrogens is 289 g/mol. The molecule has 1 heterocycles. The summed E-state index contributed by atoms with van der Waals surface area (Å²) in [5.74, 6) is 0.0230.